The highest BCUT2D eigenvalue weighted by molar-refractivity contribution is 7.10. The number of hydrogen-bond acceptors (Lipinski definition) is 3. The molecule has 0 aliphatic rings. The summed E-state index contributed by atoms with van der Waals surface area (Å²) >= 11 is 1.71. The molecule has 1 aromatic carbocycles. The molecule has 1 atom stereocenters. The first kappa shape index (κ1) is 16.7. The van der Waals surface area contributed by atoms with Crippen molar-refractivity contribution in [1.29, 1.82) is 0 Å². The highest BCUT2D eigenvalue weighted by atomic mass is 32.1. The van der Waals surface area contributed by atoms with E-state index in [4.69, 9.17) is 0 Å². The first-order valence-corrected chi connectivity index (χ1v) is 8.39. The fourth-order valence-electron chi connectivity index (χ4n) is 2.31. The maximum atomic E-state index is 12.9. The fourth-order valence-corrected chi connectivity index (χ4v) is 3.14. The molecule has 0 aliphatic heterocycles. The summed E-state index contributed by atoms with van der Waals surface area (Å²) in [6.07, 6.45) is 0. The summed E-state index contributed by atoms with van der Waals surface area (Å²) in [6.45, 7) is 6.51. The predicted molar refractivity (Wildman–Crippen MR) is 94.4 cm³/mol. The highest BCUT2D eigenvalue weighted by Gasteiger charge is 2.30. The van der Waals surface area contributed by atoms with Crippen LogP contribution in [0.1, 0.15) is 31.7 Å². The Labute approximate surface area is 137 Å². The van der Waals surface area contributed by atoms with E-state index in [0.29, 0.717) is 6.54 Å². The van der Waals surface area contributed by atoms with Crippen LogP contribution in [0.5, 0.6) is 0 Å². The van der Waals surface area contributed by atoms with Crippen LogP contribution in [0.25, 0.3) is 0 Å². The van der Waals surface area contributed by atoms with Crippen molar-refractivity contribution in [2.45, 2.75) is 26.8 Å². The summed E-state index contributed by atoms with van der Waals surface area (Å²) in [4.78, 5) is 16.0. The van der Waals surface area contributed by atoms with E-state index in [1.807, 2.05) is 69.1 Å². The molecule has 1 aromatic heterocycles. The number of amides is 1. The second-order valence-electron chi connectivity index (χ2n) is 6.36. The third kappa shape index (κ3) is 3.96. The lowest BCUT2D eigenvalue weighted by molar-refractivity contribution is -0.125. The van der Waals surface area contributed by atoms with Gasteiger partial charge in [0, 0.05) is 22.5 Å². The molecule has 0 fully saturated rings. The largest absolute Gasteiger partial charge is 0.311 e. The lowest BCUT2D eigenvalue weighted by Gasteiger charge is -2.32. The number of nitrogens with zero attached hydrogens (tertiary/aromatic N) is 1. The van der Waals surface area contributed by atoms with Gasteiger partial charge >= 0.3 is 0 Å². The monoisotopic (exact) mass is 316 g/mol. The van der Waals surface area contributed by atoms with Gasteiger partial charge in [-0.1, -0.05) is 45.0 Å². The summed E-state index contributed by atoms with van der Waals surface area (Å²) < 4.78 is 0. The van der Waals surface area contributed by atoms with Crippen molar-refractivity contribution >= 4 is 22.9 Å². The molecule has 3 nitrogen and oxygen atoms in total. The zero-order chi connectivity index (χ0) is 16.2. The summed E-state index contributed by atoms with van der Waals surface area (Å²) in [6, 6.07) is 14.2. The molecule has 118 valence electrons. The molecule has 2 aromatic rings. The first-order valence-electron chi connectivity index (χ1n) is 7.51. The Bertz CT molecular complexity index is 587. The molecule has 0 saturated carbocycles. The first-order chi connectivity index (χ1) is 10.4. The van der Waals surface area contributed by atoms with Crippen molar-refractivity contribution in [3.8, 4) is 0 Å². The molecule has 1 N–H and O–H groups in total. The van der Waals surface area contributed by atoms with E-state index >= 15 is 0 Å². The molecule has 0 bridgehead atoms. The van der Waals surface area contributed by atoms with Crippen LogP contribution in [0.15, 0.2) is 47.8 Å². The summed E-state index contributed by atoms with van der Waals surface area (Å²) in [7, 11) is 1.94. The van der Waals surface area contributed by atoms with Crippen LogP contribution in [0.3, 0.4) is 0 Å². The molecule has 1 amide bonds. The third-order valence-corrected chi connectivity index (χ3v) is 4.54. The van der Waals surface area contributed by atoms with Crippen molar-refractivity contribution in [3.63, 3.8) is 0 Å². The molecule has 1 unspecified atom stereocenters. The zero-order valence-electron chi connectivity index (χ0n) is 13.7. The molecule has 0 aliphatic carbocycles. The number of likely N-dealkylation sites (N-methyl/N-ethyl adjacent to an activating group) is 1. The van der Waals surface area contributed by atoms with E-state index in [0.717, 1.165) is 5.69 Å². The second-order valence-corrected chi connectivity index (χ2v) is 7.34. The minimum atomic E-state index is -0.413. The van der Waals surface area contributed by atoms with Gasteiger partial charge in [-0.15, -0.1) is 11.3 Å². The Hall–Kier alpha value is -1.65. The number of anilines is 1. The van der Waals surface area contributed by atoms with Crippen molar-refractivity contribution in [2.75, 3.05) is 18.5 Å². The van der Waals surface area contributed by atoms with Crippen LogP contribution in [-0.4, -0.2) is 19.5 Å². The van der Waals surface area contributed by atoms with Crippen molar-refractivity contribution in [3.05, 3.63) is 52.7 Å². The number of thiophene rings is 1. The maximum Gasteiger partial charge on any atom is 0.232 e. The highest BCUT2D eigenvalue weighted by Crippen LogP contribution is 2.27. The molecule has 0 saturated heterocycles. The van der Waals surface area contributed by atoms with Gasteiger partial charge in [0.15, 0.2) is 0 Å². The molecule has 0 spiro atoms. The Kier molecular flexibility index (Phi) is 5.37. The van der Waals surface area contributed by atoms with Crippen LogP contribution in [0, 0.1) is 5.41 Å². The second kappa shape index (κ2) is 7.07. The van der Waals surface area contributed by atoms with Gasteiger partial charge in [-0.25, -0.2) is 0 Å². The number of benzene rings is 1. The van der Waals surface area contributed by atoms with Crippen LogP contribution < -0.4 is 10.2 Å². The van der Waals surface area contributed by atoms with Gasteiger partial charge in [0.1, 0.15) is 0 Å². The van der Waals surface area contributed by atoms with Crippen LogP contribution in [-0.2, 0) is 4.79 Å². The minimum Gasteiger partial charge on any atom is -0.311 e. The van der Waals surface area contributed by atoms with E-state index < -0.39 is 5.41 Å². The SMILES string of the molecule is CNC(CN(C(=O)C(C)(C)C)c1ccccc1)c1cccs1. The molecule has 0 radical (unpaired) electrons. The van der Waals surface area contributed by atoms with Gasteiger partial charge in [-0.05, 0) is 30.6 Å². The topological polar surface area (TPSA) is 32.3 Å². The molecular weight excluding hydrogens is 292 g/mol. The van der Waals surface area contributed by atoms with Crippen molar-refractivity contribution in [1.82, 2.24) is 5.32 Å². The van der Waals surface area contributed by atoms with E-state index in [9.17, 15) is 4.79 Å². The Morgan fingerprint density at radius 1 is 1.18 bits per heavy atom. The normalized spacial score (nSPS) is 12.9. The fraction of sp³-hybridized carbons (Fsp3) is 0.389. The molecule has 22 heavy (non-hydrogen) atoms. The number of para-hydroxylation sites is 1. The smallest absolute Gasteiger partial charge is 0.232 e. The molecule has 1 heterocycles. The quantitative estimate of drug-likeness (QED) is 0.901. The van der Waals surface area contributed by atoms with Gasteiger partial charge in [-0.3, -0.25) is 4.79 Å². The van der Waals surface area contributed by atoms with E-state index in [1.165, 1.54) is 4.88 Å². The van der Waals surface area contributed by atoms with Crippen LogP contribution >= 0.6 is 11.3 Å². The van der Waals surface area contributed by atoms with Crippen molar-refractivity contribution in [2.24, 2.45) is 5.41 Å². The molecule has 4 heteroatoms. The molecular formula is C18H24N2OS. The number of rotatable bonds is 5. The van der Waals surface area contributed by atoms with E-state index in [1.54, 1.807) is 11.3 Å². The lowest BCUT2D eigenvalue weighted by atomic mass is 9.94. The average molecular weight is 316 g/mol. The molecule has 2 rings (SSSR count). The van der Waals surface area contributed by atoms with Gasteiger partial charge < -0.3 is 10.2 Å². The number of hydrogen-bond donors (Lipinski definition) is 1. The standard InChI is InChI=1S/C18H24N2OS/c1-18(2,3)17(21)20(14-9-6-5-7-10-14)13-15(19-4)16-11-8-12-22-16/h5-12,15,19H,13H2,1-4H3. The average Bonchev–Trinajstić information content (AvgIpc) is 3.02. The Morgan fingerprint density at radius 2 is 1.86 bits per heavy atom. The van der Waals surface area contributed by atoms with Gasteiger partial charge in [0.05, 0.1) is 6.04 Å². The Morgan fingerprint density at radius 3 is 2.36 bits per heavy atom. The van der Waals surface area contributed by atoms with Gasteiger partial charge in [0.25, 0.3) is 0 Å². The van der Waals surface area contributed by atoms with Gasteiger partial charge in [-0.2, -0.15) is 0 Å². The number of nitrogens with one attached hydrogen (secondary N) is 1. The number of carbonyl (C=O) groups is 1. The summed E-state index contributed by atoms with van der Waals surface area (Å²) in [5.41, 5.74) is 0.531. The third-order valence-electron chi connectivity index (χ3n) is 3.55. The van der Waals surface area contributed by atoms with Crippen LogP contribution in [0.4, 0.5) is 5.69 Å². The zero-order valence-corrected chi connectivity index (χ0v) is 14.5. The predicted octanol–water partition coefficient (Wildman–Crippen LogP) is 4.09. The van der Waals surface area contributed by atoms with Crippen molar-refractivity contribution < 1.29 is 4.79 Å². The van der Waals surface area contributed by atoms with Gasteiger partial charge in [0.2, 0.25) is 5.91 Å². The number of carbonyl (C=O) groups excluding carboxylic acids is 1. The summed E-state index contributed by atoms with van der Waals surface area (Å²) in [5, 5.41) is 5.40. The van der Waals surface area contributed by atoms with E-state index in [2.05, 4.69) is 16.8 Å². The van der Waals surface area contributed by atoms with Crippen LogP contribution in [0.2, 0.25) is 0 Å². The lowest BCUT2D eigenvalue weighted by Crippen LogP contribution is -2.43. The summed E-state index contributed by atoms with van der Waals surface area (Å²) in [5.74, 6) is 0.135. The minimum absolute atomic E-state index is 0.131. The van der Waals surface area contributed by atoms with E-state index in [-0.39, 0.29) is 11.9 Å². The maximum absolute atomic E-state index is 12.9. The Balaban J connectivity index is 2.30.